The standard InChI is InChI=1S/C17H19NO2/c1-20-17(19)12-4-5-15-13(8-12)9-16(18-15)14-7-10-2-3-11(14)6-10/h4-5,8-11,14,18H,2-3,6-7H2,1H3. The molecule has 3 nitrogen and oxygen atoms in total. The molecule has 0 amide bonds. The molecule has 2 bridgehead atoms. The van der Waals surface area contributed by atoms with E-state index in [4.69, 9.17) is 4.74 Å². The minimum absolute atomic E-state index is 0.269. The summed E-state index contributed by atoms with van der Waals surface area (Å²) in [5, 5.41) is 1.12. The van der Waals surface area contributed by atoms with Crippen molar-refractivity contribution >= 4 is 16.9 Å². The Morgan fingerprint density at radius 1 is 1.25 bits per heavy atom. The number of benzene rings is 1. The molecule has 0 saturated heterocycles. The van der Waals surface area contributed by atoms with Gasteiger partial charge in [-0.3, -0.25) is 0 Å². The number of ether oxygens (including phenoxy) is 1. The number of aromatic amines is 1. The van der Waals surface area contributed by atoms with E-state index in [0.29, 0.717) is 11.5 Å². The molecule has 1 heterocycles. The number of H-pyrrole nitrogens is 1. The number of rotatable bonds is 2. The van der Waals surface area contributed by atoms with E-state index in [1.54, 1.807) is 0 Å². The molecule has 20 heavy (non-hydrogen) atoms. The van der Waals surface area contributed by atoms with Crippen molar-refractivity contribution in [2.45, 2.75) is 31.6 Å². The predicted molar refractivity (Wildman–Crippen MR) is 77.8 cm³/mol. The third-order valence-corrected chi connectivity index (χ3v) is 5.20. The van der Waals surface area contributed by atoms with Crippen molar-refractivity contribution in [1.29, 1.82) is 0 Å². The number of fused-ring (bicyclic) bond motifs is 3. The molecule has 2 fully saturated rings. The van der Waals surface area contributed by atoms with E-state index in [2.05, 4.69) is 11.1 Å². The topological polar surface area (TPSA) is 42.1 Å². The lowest BCUT2D eigenvalue weighted by atomic mass is 9.86. The Balaban J connectivity index is 1.70. The maximum atomic E-state index is 11.6. The average Bonchev–Trinajstić information content (AvgIpc) is 3.18. The van der Waals surface area contributed by atoms with Gasteiger partial charge < -0.3 is 9.72 Å². The lowest BCUT2D eigenvalue weighted by molar-refractivity contribution is 0.0601. The minimum Gasteiger partial charge on any atom is -0.465 e. The Morgan fingerprint density at radius 3 is 2.85 bits per heavy atom. The van der Waals surface area contributed by atoms with Crippen LogP contribution in [0.3, 0.4) is 0 Å². The van der Waals surface area contributed by atoms with E-state index in [1.807, 2.05) is 18.2 Å². The number of nitrogens with one attached hydrogen (secondary N) is 1. The Kier molecular flexibility index (Phi) is 2.62. The molecule has 2 aliphatic carbocycles. The Labute approximate surface area is 118 Å². The first kappa shape index (κ1) is 12.0. The molecule has 0 aliphatic heterocycles. The number of carbonyl (C=O) groups is 1. The van der Waals surface area contributed by atoms with E-state index in [9.17, 15) is 4.79 Å². The van der Waals surface area contributed by atoms with Crippen LogP contribution in [0.1, 0.15) is 47.7 Å². The Morgan fingerprint density at radius 2 is 2.15 bits per heavy atom. The second kappa shape index (κ2) is 4.37. The molecule has 3 unspecified atom stereocenters. The Bertz CT molecular complexity index is 673. The van der Waals surface area contributed by atoms with Gasteiger partial charge in [-0.2, -0.15) is 0 Å². The van der Waals surface area contributed by atoms with E-state index in [1.165, 1.54) is 38.5 Å². The van der Waals surface area contributed by atoms with Gasteiger partial charge in [0, 0.05) is 22.5 Å². The van der Waals surface area contributed by atoms with Gasteiger partial charge in [0.1, 0.15) is 0 Å². The van der Waals surface area contributed by atoms with Gasteiger partial charge in [-0.15, -0.1) is 0 Å². The lowest BCUT2D eigenvalue weighted by Gasteiger charge is -2.20. The summed E-state index contributed by atoms with van der Waals surface area (Å²) in [5.74, 6) is 2.24. The molecule has 1 aromatic carbocycles. The summed E-state index contributed by atoms with van der Waals surface area (Å²) < 4.78 is 4.78. The summed E-state index contributed by atoms with van der Waals surface area (Å²) in [6, 6.07) is 7.97. The van der Waals surface area contributed by atoms with Gasteiger partial charge >= 0.3 is 5.97 Å². The molecule has 2 saturated carbocycles. The molecule has 0 radical (unpaired) electrons. The van der Waals surface area contributed by atoms with Gasteiger partial charge in [0.25, 0.3) is 0 Å². The van der Waals surface area contributed by atoms with Crippen LogP contribution in [-0.4, -0.2) is 18.1 Å². The van der Waals surface area contributed by atoms with Crippen LogP contribution < -0.4 is 0 Å². The molecule has 1 N–H and O–H groups in total. The Hall–Kier alpha value is -1.77. The fourth-order valence-corrected chi connectivity index (χ4v) is 4.23. The third kappa shape index (κ3) is 1.76. The summed E-state index contributed by atoms with van der Waals surface area (Å²) in [5.41, 5.74) is 3.10. The largest absolute Gasteiger partial charge is 0.465 e. The predicted octanol–water partition coefficient (Wildman–Crippen LogP) is 3.86. The number of hydrogen-bond acceptors (Lipinski definition) is 2. The highest BCUT2D eigenvalue weighted by molar-refractivity contribution is 5.94. The van der Waals surface area contributed by atoms with Crippen molar-refractivity contribution < 1.29 is 9.53 Å². The fourth-order valence-electron chi connectivity index (χ4n) is 4.23. The van der Waals surface area contributed by atoms with Crippen molar-refractivity contribution in [3.05, 3.63) is 35.5 Å². The van der Waals surface area contributed by atoms with Crippen molar-refractivity contribution in [2.75, 3.05) is 7.11 Å². The summed E-state index contributed by atoms with van der Waals surface area (Å²) in [4.78, 5) is 15.1. The van der Waals surface area contributed by atoms with Crippen LogP contribution in [0, 0.1) is 11.8 Å². The summed E-state index contributed by atoms with van der Waals surface area (Å²) in [6.45, 7) is 0. The smallest absolute Gasteiger partial charge is 0.337 e. The molecule has 104 valence electrons. The van der Waals surface area contributed by atoms with Crippen LogP contribution in [0.5, 0.6) is 0 Å². The zero-order valence-corrected chi connectivity index (χ0v) is 11.7. The van der Waals surface area contributed by atoms with Crippen LogP contribution in [0.2, 0.25) is 0 Å². The fraction of sp³-hybridized carbons (Fsp3) is 0.471. The lowest BCUT2D eigenvalue weighted by Crippen LogP contribution is -2.08. The molecular weight excluding hydrogens is 250 g/mol. The zero-order valence-electron chi connectivity index (χ0n) is 11.7. The van der Waals surface area contributed by atoms with E-state index in [-0.39, 0.29) is 5.97 Å². The normalized spacial score (nSPS) is 28.1. The van der Waals surface area contributed by atoms with Crippen LogP contribution in [0.4, 0.5) is 0 Å². The van der Waals surface area contributed by atoms with Crippen LogP contribution in [-0.2, 0) is 4.74 Å². The molecule has 2 aliphatic rings. The summed E-state index contributed by atoms with van der Waals surface area (Å²) in [7, 11) is 1.42. The summed E-state index contributed by atoms with van der Waals surface area (Å²) >= 11 is 0. The molecule has 0 spiro atoms. The molecule has 3 heteroatoms. The van der Waals surface area contributed by atoms with E-state index < -0.39 is 0 Å². The van der Waals surface area contributed by atoms with Gasteiger partial charge in [0.05, 0.1) is 12.7 Å². The molecule has 3 atom stereocenters. The van der Waals surface area contributed by atoms with Crippen LogP contribution in [0.25, 0.3) is 10.9 Å². The van der Waals surface area contributed by atoms with Crippen LogP contribution >= 0.6 is 0 Å². The number of aromatic nitrogens is 1. The highest BCUT2D eigenvalue weighted by Crippen LogP contribution is 2.52. The van der Waals surface area contributed by atoms with Gasteiger partial charge in [0.2, 0.25) is 0 Å². The highest BCUT2D eigenvalue weighted by atomic mass is 16.5. The van der Waals surface area contributed by atoms with Gasteiger partial charge in [-0.05, 0) is 55.4 Å². The number of methoxy groups -OCH3 is 1. The van der Waals surface area contributed by atoms with Gasteiger partial charge in [-0.25, -0.2) is 4.79 Å². The minimum atomic E-state index is -0.269. The monoisotopic (exact) mass is 269 g/mol. The first-order valence-corrected chi connectivity index (χ1v) is 7.45. The maximum absolute atomic E-state index is 11.6. The zero-order chi connectivity index (χ0) is 13.7. The highest BCUT2D eigenvalue weighted by Gasteiger charge is 2.40. The second-order valence-corrected chi connectivity index (χ2v) is 6.30. The van der Waals surface area contributed by atoms with Crippen molar-refractivity contribution in [1.82, 2.24) is 4.98 Å². The number of carbonyl (C=O) groups excluding carboxylic acids is 1. The first-order chi connectivity index (χ1) is 9.74. The van der Waals surface area contributed by atoms with Crippen LogP contribution in [0.15, 0.2) is 24.3 Å². The van der Waals surface area contributed by atoms with Crippen molar-refractivity contribution in [3.63, 3.8) is 0 Å². The SMILES string of the molecule is COC(=O)c1ccc2[nH]c(C3CC4CCC3C4)cc2c1. The molecule has 2 aromatic rings. The second-order valence-electron chi connectivity index (χ2n) is 6.30. The maximum Gasteiger partial charge on any atom is 0.337 e. The van der Waals surface area contributed by atoms with Crippen molar-refractivity contribution in [2.24, 2.45) is 11.8 Å². The van der Waals surface area contributed by atoms with E-state index in [0.717, 1.165) is 22.7 Å². The average molecular weight is 269 g/mol. The number of hydrogen-bond donors (Lipinski definition) is 1. The first-order valence-electron chi connectivity index (χ1n) is 7.45. The molecular formula is C17H19NO2. The summed E-state index contributed by atoms with van der Waals surface area (Å²) in [6.07, 6.45) is 5.56. The van der Waals surface area contributed by atoms with Crippen molar-refractivity contribution in [3.8, 4) is 0 Å². The van der Waals surface area contributed by atoms with Gasteiger partial charge in [0.15, 0.2) is 0 Å². The molecule has 1 aromatic heterocycles. The third-order valence-electron chi connectivity index (χ3n) is 5.20. The molecule has 4 rings (SSSR count). The van der Waals surface area contributed by atoms with E-state index >= 15 is 0 Å². The number of esters is 1. The quantitative estimate of drug-likeness (QED) is 0.841. The van der Waals surface area contributed by atoms with Gasteiger partial charge in [-0.1, -0.05) is 6.42 Å².